The van der Waals surface area contributed by atoms with Crippen molar-refractivity contribution < 1.29 is 14.3 Å². The average molecular weight is 453 g/mol. The van der Waals surface area contributed by atoms with Gasteiger partial charge in [-0.05, 0) is 68.7 Å². The molecule has 180 valence electrons. The Hall–Kier alpha value is -2.53. The van der Waals surface area contributed by atoms with Gasteiger partial charge in [0.2, 0.25) is 5.91 Å². The normalized spacial score (nSPS) is 18.1. The van der Waals surface area contributed by atoms with Crippen LogP contribution in [0.15, 0.2) is 54.6 Å². The van der Waals surface area contributed by atoms with Gasteiger partial charge in [0.25, 0.3) is 0 Å². The van der Waals surface area contributed by atoms with Crippen LogP contribution >= 0.6 is 0 Å². The quantitative estimate of drug-likeness (QED) is 0.482. The third-order valence-corrected chi connectivity index (χ3v) is 6.35. The van der Waals surface area contributed by atoms with Crippen LogP contribution in [0, 0.1) is 11.8 Å². The van der Waals surface area contributed by atoms with Gasteiger partial charge < -0.3 is 20.1 Å². The number of ether oxygens (including phenoxy) is 2. The summed E-state index contributed by atoms with van der Waals surface area (Å²) in [6.45, 7) is 8.22. The fraction of sp³-hybridized carbons (Fsp3) is 0.536. The van der Waals surface area contributed by atoms with Crippen molar-refractivity contribution in [2.75, 3.05) is 19.7 Å². The van der Waals surface area contributed by atoms with Gasteiger partial charge >= 0.3 is 0 Å². The summed E-state index contributed by atoms with van der Waals surface area (Å²) in [5, 5.41) is 0. The lowest BCUT2D eigenvalue weighted by atomic mass is 9.90. The molecule has 5 nitrogen and oxygen atoms in total. The number of rotatable bonds is 11. The largest absolute Gasteiger partial charge is 0.490 e. The zero-order chi connectivity index (χ0) is 23.6. The molecule has 5 heteroatoms. The lowest BCUT2D eigenvalue weighted by Crippen LogP contribution is -2.48. The second-order valence-electron chi connectivity index (χ2n) is 9.41. The molecule has 0 spiro atoms. The fourth-order valence-corrected chi connectivity index (χ4v) is 4.85. The maximum Gasteiger partial charge on any atom is 0.223 e. The summed E-state index contributed by atoms with van der Waals surface area (Å²) in [5.74, 6) is 2.38. The van der Waals surface area contributed by atoms with Gasteiger partial charge in [-0.1, -0.05) is 56.3 Å². The van der Waals surface area contributed by atoms with E-state index in [1.165, 1.54) is 0 Å². The summed E-state index contributed by atoms with van der Waals surface area (Å²) in [6, 6.07) is 18.0. The molecule has 1 aliphatic heterocycles. The Bertz CT molecular complexity index is 855. The number of hydrogen-bond donors (Lipinski definition) is 1. The monoisotopic (exact) mass is 452 g/mol. The molecule has 1 saturated heterocycles. The van der Waals surface area contributed by atoms with Crippen molar-refractivity contribution in [1.82, 2.24) is 4.90 Å². The Balaban J connectivity index is 1.89. The van der Waals surface area contributed by atoms with Gasteiger partial charge in [0.05, 0.1) is 12.6 Å². The first kappa shape index (κ1) is 25.1. The number of carbonyl (C=O) groups is 1. The topological polar surface area (TPSA) is 64.8 Å². The van der Waals surface area contributed by atoms with Gasteiger partial charge in [0.15, 0.2) is 11.5 Å². The second kappa shape index (κ2) is 12.6. The molecule has 0 aliphatic carbocycles. The Morgan fingerprint density at radius 3 is 2.42 bits per heavy atom. The first-order valence-corrected chi connectivity index (χ1v) is 12.5. The molecule has 3 rings (SSSR count). The van der Waals surface area contributed by atoms with Crippen molar-refractivity contribution in [2.24, 2.45) is 17.6 Å². The molecule has 0 aromatic heterocycles. The molecule has 0 bridgehead atoms. The van der Waals surface area contributed by atoms with Crippen LogP contribution in [0.3, 0.4) is 0 Å². The molecule has 1 amide bonds. The van der Waals surface area contributed by atoms with Crippen molar-refractivity contribution in [3.8, 4) is 11.5 Å². The molecule has 1 aliphatic rings. The molecule has 1 fully saturated rings. The number of benzene rings is 2. The van der Waals surface area contributed by atoms with E-state index in [0.29, 0.717) is 31.2 Å². The smallest absolute Gasteiger partial charge is 0.223 e. The van der Waals surface area contributed by atoms with Crippen LogP contribution in [0.25, 0.3) is 0 Å². The number of nitrogens with two attached hydrogens (primary N) is 1. The fourth-order valence-electron chi connectivity index (χ4n) is 4.85. The minimum Gasteiger partial charge on any atom is -0.490 e. The maximum absolute atomic E-state index is 13.5. The number of amides is 1. The van der Waals surface area contributed by atoms with E-state index in [9.17, 15) is 4.79 Å². The number of piperidine rings is 1. The van der Waals surface area contributed by atoms with Gasteiger partial charge in [-0.3, -0.25) is 4.79 Å². The Kier molecular flexibility index (Phi) is 9.61. The molecular formula is C28H40N2O3. The molecular weight excluding hydrogens is 412 g/mol. The van der Waals surface area contributed by atoms with Crippen molar-refractivity contribution in [3.63, 3.8) is 0 Å². The van der Waals surface area contributed by atoms with E-state index in [-0.39, 0.29) is 24.0 Å². The summed E-state index contributed by atoms with van der Waals surface area (Å²) in [6.07, 6.45) is 4.23. The van der Waals surface area contributed by atoms with Crippen LogP contribution in [0.2, 0.25) is 0 Å². The summed E-state index contributed by atoms with van der Waals surface area (Å²) < 4.78 is 12.5. The van der Waals surface area contributed by atoms with Crippen molar-refractivity contribution in [2.45, 2.75) is 65.0 Å². The molecule has 33 heavy (non-hydrogen) atoms. The lowest BCUT2D eigenvalue weighted by Gasteiger charge is -2.41. The van der Waals surface area contributed by atoms with Gasteiger partial charge in [-0.15, -0.1) is 0 Å². The van der Waals surface area contributed by atoms with Crippen LogP contribution in [0.4, 0.5) is 0 Å². The predicted octanol–water partition coefficient (Wildman–Crippen LogP) is 5.60. The van der Waals surface area contributed by atoms with Gasteiger partial charge in [0.1, 0.15) is 6.10 Å². The van der Waals surface area contributed by atoms with Gasteiger partial charge in [-0.25, -0.2) is 0 Å². The molecule has 3 atom stereocenters. The molecule has 1 heterocycles. The predicted molar refractivity (Wildman–Crippen MR) is 133 cm³/mol. The van der Waals surface area contributed by atoms with Crippen LogP contribution in [0.1, 0.15) is 64.5 Å². The minimum absolute atomic E-state index is 0.0270. The highest BCUT2D eigenvalue weighted by Gasteiger charge is 2.36. The number of para-hydroxylation sites is 2. The van der Waals surface area contributed by atoms with E-state index >= 15 is 0 Å². The number of carbonyl (C=O) groups excluding carboxylic acids is 1. The number of likely N-dealkylation sites (tertiary alicyclic amines) is 1. The van der Waals surface area contributed by atoms with E-state index < -0.39 is 0 Å². The first-order chi connectivity index (χ1) is 16.0. The lowest BCUT2D eigenvalue weighted by molar-refractivity contribution is -0.138. The summed E-state index contributed by atoms with van der Waals surface area (Å²) in [7, 11) is 0. The highest BCUT2D eigenvalue weighted by atomic mass is 16.5. The van der Waals surface area contributed by atoms with Crippen LogP contribution < -0.4 is 15.2 Å². The number of hydrogen-bond acceptors (Lipinski definition) is 4. The highest BCUT2D eigenvalue weighted by molar-refractivity contribution is 5.77. The molecule has 2 N–H and O–H groups in total. The average Bonchev–Trinajstić information content (AvgIpc) is 2.83. The van der Waals surface area contributed by atoms with Crippen molar-refractivity contribution in [1.29, 1.82) is 0 Å². The molecule has 0 radical (unpaired) electrons. The Morgan fingerprint density at radius 1 is 1.06 bits per heavy atom. The summed E-state index contributed by atoms with van der Waals surface area (Å²) in [4.78, 5) is 15.6. The van der Waals surface area contributed by atoms with E-state index in [4.69, 9.17) is 15.2 Å². The number of nitrogens with zero attached hydrogens (tertiary/aromatic N) is 1. The third-order valence-electron chi connectivity index (χ3n) is 6.35. The highest BCUT2D eigenvalue weighted by Crippen LogP contribution is 2.37. The first-order valence-electron chi connectivity index (χ1n) is 12.5. The van der Waals surface area contributed by atoms with Crippen LogP contribution in [-0.2, 0) is 4.79 Å². The Morgan fingerprint density at radius 2 is 1.76 bits per heavy atom. The van der Waals surface area contributed by atoms with E-state index in [0.717, 1.165) is 43.5 Å². The zero-order valence-electron chi connectivity index (χ0n) is 20.4. The molecule has 0 saturated carbocycles. The third kappa shape index (κ3) is 6.97. The van der Waals surface area contributed by atoms with E-state index in [2.05, 4.69) is 30.9 Å². The van der Waals surface area contributed by atoms with E-state index in [1.807, 2.05) is 49.4 Å². The zero-order valence-corrected chi connectivity index (χ0v) is 20.4. The van der Waals surface area contributed by atoms with Gasteiger partial charge in [0, 0.05) is 13.0 Å². The summed E-state index contributed by atoms with van der Waals surface area (Å²) >= 11 is 0. The van der Waals surface area contributed by atoms with Crippen LogP contribution in [0.5, 0.6) is 11.5 Å². The SMILES string of the molecule is CCOc1ccccc1OC(c1ccccc1)C1CCCCN1C(=O)CC(CN)CC(C)C. The second-order valence-corrected chi connectivity index (χ2v) is 9.41. The van der Waals surface area contributed by atoms with Crippen LogP contribution in [-0.4, -0.2) is 36.5 Å². The Labute approximate surface area is 199 Å². The molecule has 2 aromatic carbocycles. The minimum atomic E-state index is -0.265. The summed E-state index contributed by atoms with van der Waals surface area (Å²) in [5.41, 5.74) is 7.10. The van der Waals surface area contributed by atoms with Crippen molar-refractivity contribution >= 4 is 5.91 Å². The molecule has 2 aromatic rings. The molecule has 3 unspecified atom stereocenters. The van der Waals surface area contributed by atoms with Crippen molar-refractivity contribution in [3.05, 3.63) is 60.2 Å². The van der Waals surface area contributed by atoms with Gasteiger partial charge in [-0.2, -0.15) is 0 Å². The maximum atomic E-state index is 13.5. The standard InChI is InChI=1S/C28H40N2O3/c1-4-32-25-15-8-9-16-26(25)33-28(23-12-6-5-7-13-23)24-14-10-11-17-30(24)27(31)19-22(20-29)18-21(2)3/h5-9,12-13,15-16,21-22,24,28H,4,10-11,14,17-20,29H2,1-3H3. The van der Waals surface area contributed by atoms with E-state index in [1.54, 1.807) is 0 Å².